The number of benzene rings is 1. The molecule has 0 unspecified atom stereocenters. The van der Waals surface area contributed by atoms with E-state index in [2.05, 4.69) is 17.3 Å². The Hall–Kier alpha value is -1.39. The molecule has 2 N–H and O–H groups in total. The average Bonchev–Trinajstić information content (AvgIpc) is 2.98. The standard InChI is InChI=1S/C17H26N2O2/c1-19(16-8-4-5-9-16)11-10-18-13-15-7-3-2-6-14(15)12-17(20)21/h2-3,6-7,16,18H,4-5,8-13H2,1H3,(H,20,21). The van der Waals surface area contributed by atoms with Crippen molar-refractivity contribution in [1.82, 2.24) is 10.2 Å². The van der Waals surface area contributed by atoms with Crippen LogP contribution in [0.15, 0.2) is 24.3 Å². The van der Waals surface area contributed by atoms with Gasteiger partial charge in [-0.05, 0) is 31.0 Å². The third-order valence-corrected chi connectivity index (χ3v) is 4.36. The first-order chi connectivity index (χ1) is 10.2. The molecule has 1 aliphatic carbocycles. The minimum Gasteiger partial charge on any atom is -0.481 e. The molecule has 4 heteroatoms. The summed E-state index contributed by atoms with van der Waals surface area (Å²) in [6.07, 6.45) is 5.49. The van der Waals surface area contributed by atoms with E-state index in [9.17, 15) is 4.79 Å². The maximum atomic E-state index is 10.9. The lowest BCUT2D eigenvalue weighted by Crippen LogP contribution is -2.35. The number of rotatable bonds is 8. The summed E-state index contributed by atoms with van der Waals surface area (Å²) in [4.78, 5) is 13.3. The zero-order valence-corrected chi connectivity index (χ0v) is 12.8. The molecule has 1 saturated carbocycles. The maximum Gasteiger partial charge on any atom is 0.307 e. The van der Waals surface area contributed by atoms with Gasteiger partial charge in [0.15, 0.2) is 0 Å². The Balaban J connectivity index is 1.74. The normalized spacial score (nSPS) is 15.7. The van der Waals surface area contributed by atoms with Crippen molar-refractivity contribution in [2.45, 2.75) is 44.7 Å². The number of carbonyl (C=O) groups is 1. The largest absolute Gasteiger partial charge is 0.481 e. The highest BCUT2D eigenvalue weighted by Crippen LogP contribution is 2.21. The number of nitrogens with one attached hydrogen (secondary N) is 1. The summed E-state index contributed by atoms with van der Waals surface area (Å²) in [5.41, 5.74) is 1.99. The molecule has 1 aromatic rings. The Bertz CT molecular complexity index is 456. The van der Waals surface area contributed by atoms with Gasteiger partial charge >= 0.3 is 5.97 Å². The monoisotopic (exact) mass is 290 g/mol. The predicted octanol–water partition coefficient (Wildman–Crippen LogP) is 2.28. The van der Waals surface area contributed by atoms with Crippen LogP contribution in [0.5, 0.6) is 0 Å². The summed E-state index contributed by atoms with van der Waals surface area (Å²) in [6, 6.07) is 8.52. The topological polar surface area (TPSA) is 52.6 Å². The molecule has 0 radical (unpaired) electrons. The van der Waals surface area contributed by atoms with Crippen LogP contribution in [-0.2, 0) is 17.8 Å². The van der Waals surface area contributed by atoms with Crippen molar-refractivity contribution < 1.29 is 9.90 Å². The molecule has 1 fully saturated rings. The minimum absolute atomic E-state index is 0.0971. The Morgan fingerprint density at radius 2 is 1.95 bits per heavy atom. The van der Waals surface area contributed by atoms with Gasteiger partial charge in [0.25, 0.3) is 0 Å². The van der Waals surface area contributed by atoms with Gasteiger partial charge in [-0.2, -0.15) is 0 Å². The van der Waals surface area contributed by atoms with Crippen molar-refractivity contribution in [3.05, 3.63) is 35.4 Å². The van der Waals surface area contributed by atoms with E-state index in [1.165, 1.54) is 25.7 Å². The Morgan fingerprint density at radius 3 is 2.62 bits per heavy atom. The van der Waals surface area contributed by atoms with Crippen LogP contribution in [0.1, 0.15) is 36.8 Å². The molecule has 0 bridgehead atoms. The highest BCUT2D eigenvalue weighted by molar-refractivity contribution is 5.70. The smallest absolute Gasteiger partial charge is 0.307 e. The van der Waals surface area contributed by atoms with E-state index in [1.54, 1.807) is 0 Å². The lowest BCUT2D eigenvalue weighted by atomic mass is 10.0. The molecule has 0 heterocycles. The third kappa shape index (κ3) is 5.14. The number of hydrogen-bond donors (Lipinski definition) is 2. The van der Waals surface area contributed by atoms with Crippen LogP contribution in [0.4, 0.5) is 0 Å². The van der Waals surface area contributed by atoms with Gasteiger partial charge in [0.1, 0.15) is 0 Å². The molecule has 1 aliphatic rings. The second kappa shape index (κ2) is 8.15. The number of nitrogens with zero attached hydrogens (tertiary/aromatic N) is 1. The van der Waals surface area contributed by atoms with E-state index in [-0.39, 0.29) is 6.42 Å². The number of hydrogen-bond acceptors (Lipinski definition) is 3. The van der Waals surface area contributed by atoms with Crippen LogP contribution in [-0.4, -0.2) is 42.2 Å². The second-order valence-corrected chi connectivity index (χ2v) is 5.93. The van der Waals surface area contributed by atoms with Gasteiger partial charge in [0.05, 0.1) is 6.42 Å². The quantitative estimate of drug-likeness (QED) is 0.721. The summed E-state index contributed by atoms with van der Waals surface area (Å²) >= 11 is 0. The molecule has 0 spiro atoms. The van der Waals surface area contributed by atoms with Crippen molar-refractivity contribution in [3.8, 4) is 0 Å². The summed E-state index contributed by atoms with van der Waals surface area (Å²) in [5.74, 6) is -0.775. The number of carboxylic acids is 1. The molecule has 0 atom stereocenters. The Kier molecular flexibility index (Phi) is 6.21. The van der Waals surface area contributed by atoms with Crippen LogP contribution in [0.2, 0.25) is 0 Å². The van der Waals surface area contributed by atoms with Crippen LogP contribution >= 0.6 is 0 Å². The highest BCUT2D eigenvalue weighted by Gasteiger charge is 2.18. The predicted molar refractivity (Wildman–Crippen MR) is 84.4 cm³/mol. The van der Waals surface area contributed by atoms with Crippen LogP contribution < -0.4 is 5.32 Å². The van der Waals surface area contributed by atoms with Gasteiger partial charge < -0.3 is 15.3 Å². The minimum atomic E-state index is -0.775. The molecule has 1 aromatic carbocycles. The van der Waals surface area contributed by atoms with E-state index >= 15 is 0 Å². The fraction of sp³-hybridized carbons (Fsp3) is 0.588. The zero-order valence-electron chi connectivity index (χ0n) is 12.8. The van der Waals surface area contributed by atoms with Crippen molar-refractivity contribution in [3.63, 3.8) is 0 Å². The molecule has 2 rings (SSSR count). The summed E-state index contributed by atoms with van der Waals surface area (Å²) in [6.45, 7) is 2.72. The molecule has 4 nitrogen and oxygen atoms in total. The molecule has 0 aliphatic heterocycles. The fourth-order valence-electron chi connectivity index (χ4n) is 3.07. The van der Waals surface area contributed by atoms with Crippen LogP contribution in [0.25, 0.3) is 0 Å². The SMILES string of the molecule is CN(CCNCc1ccccc1CC(=O)O)C1CCCC1. The van der Waals surface area contributed by atoms with E-state index < -0.39 is 5.97 Å². The molecular weight excluding hydrogens is 264 g/mol. The van der Waals surface area contributed by atoms with E-state index in [1.807, 2.05) is 24.3 Å². The van der Waals surface area contributed by atoms with Gasteiger partial charge in [-0.1, -0.05) is 37.1 Å². The Labute approximate surface area is 127 Å². The lowest BCUT2D eigenvalue weighted by Gasteiger charge is -2.24. The van der Waals surface area contributed by atoms with Crippen LogP contribution in [0.3, 0.4) is 0 Å². The number of carboxylic acid groups (broad SMARTS) is 1. The molecule has 0 saturated heterocycles. The molecule has 21 heavy (non-hydrogen) atoms. The molecular formula is C17H26N2O2. The van der Waals surface area contributed by atoms with Gasteiger partial charge in [-0.3, -0.25) is 4.79 Å². The number of likely N-dealkylation sites (N-methyl/N-ethyl adjacent to an activating group) is 1. The highest BCUT2D eigenvalue weighted by atomic mass is 16.4. The Morgan fingerprint density at radius 1 is 1.29 bits per heavy atom. The third-order valence-electron chi connectivity index (χ3n) is 4.36. The molecule has 0 aromatic heterocycles. The van der Waals surface area contributed by atoms with Crippen LogP contribution in [0, 0.1) is 0 Å². The molecule has 0 amide bonds. The average molecular weight is 290 g/mol. The van der Waals surface area contributed by atoms with Crippen molar-refractivity contribution in [2.75, 3.05) is 20.1 Å². The van der Waals surface area contributed by atoms with Gasteiger partial charge in [-0.25, -0.2) is 0 Å². The summed E-state index contributed by atoms with van der Waals surface area (Å²) in [5, 5.41) is 12.4. The first-order valence-electron chi connectivity index (χ1n) is 7.86. The number of aliphatic carboxylic acids is 1. The van der Waals surface area contributed by atoms with E-state index in [4.69, 9.17) is 5.11 Å². The first-order valence-corrected chi connectivity index (χ1v) is 7.86. The fourth-order valence-corrected chi connectivity index (χ4v) is 3.07. The second-order valence-electron chi connectivity index (χ2n) is 5.93. The van der Waals surface area contributed by atoms with Gasteiger partial charge in [-0.15, -0.1) is 0 Å². The van der Waals surface area contributed by atoms with Crippen molar-refractivity contribution in [1.29, 1.82) is 0 Å². The maximum absolute atomic E-state index is 10.9. The van der Waals surface area contributed by atoms with Crippen molar-refractivity contribution in [2.24, 2.45) is 0 Å². The van der Waals surface area contributed by atoms with Crippen molar-refractivity contribution >= 4 is 5.97 Å². The van der Waals surface area contributed by atoms with E-state index in [0.29, 0.717) is 0 Å². The first kappa shape index (κ1) is 16.0. The summed E-state index contributed by atoms with van der Waals surface area (Å²) < 4.78 is 0. The molecule has 116 valence electrons. The lowest BCUT2D eigenvalue weighted by molar-refractivity contribution is -0.136. The van der Waals surface area contributed by atoms with Gasteiger partial charge in [0.2, 0.25) is 0 Å². The summed E-state index contributed by atoms with van der Waals surface area (Å²) in [7, 11) is 2.20. The van der Waals surface area contributed by atoms with E-state index in [0.717, 1.165) is 36.8 Å². The van der Waals surface area contributed by atoms with Gasteiger partial charge in [0, 0.05) is 25.7 Å². The zero-order chi connectivity index (χ0) is 15.1.